The molecule has 3 N–H and O–H groups in total. The molecule has 0 aromatic rings. The first-order valence-electron chi connectivity index (χ1n) is 4.78. The number of aliphatic carboxylic acids is 2. The monoisotopic (exact) mass is 282 g/mol. The van der Waals surface area contributed by atoms with Crippen molar-refractivity contribution in [2.45, 2.75) is 25.0 Å². The van der Waals surface area contributed by atoms with Gasteiger partial charge < -0.3 is 14.9 Å². The molecule has 0 fully saturated rings. The number of esters is 1. The molecule has 2 atom stereocenters. The SMILES string of the molecule is CSCCC(OC(=O)C(C)(OO)C(=O)O)C(=O)O. The zero-order valence-corrected chi connectivity index (χ0v) is 10.6. The maximum atomic E-state index is 11.5. The molecule has 0 saturated carbocycles. The van der Waals surface area contributed by atoms with Crippen LogP contribution in [0.1, 0.15) is 13.3 Å². The van der Waals surface area contributed by atoms with Crippen molar-refractivity contribution >= 4 is 29.7 Å². The van der Waals surface area contributed by atoms with Gasteiger partial charge in [-0.2, -0.15) is 11.8 Å². The van der Waals surface area contributed by atoms with Crippen molar-refractivity contribution in [1.82, 2.24) is 0 Å². The Morgan fingerprint density at radius 2 is 1.89 bits per heavy atom. The first-order valence-corrected chi connectivity index (χ1v) is 6.17. The molecule has 0 rings (SSSR count). The predicted molar refractivity (Wildman–Crippen MR) is 60.3 cm³/mol. The summed E-state index contributed by atoms with van der Waals surface area (Å²) < 4.78 is 4.51. The number of rotatable bonds is 8. The maximum Gasteiger partial charge on any atom is 0.354 e. The van der Waals surface area contributed by atoms with Crippen LogP contribution in [0.25, 0.3) is 0 Å². The summed E-state index contributed by atoms with van der Waals surface area (Å²) >= 11 is 1.34. The fourth-order valence-corrected chi connectivity index (χ4v) is 1.31. The normalized spacial score (nSPS) is 15.5. The van der Waals surface area contributed by atoms with Gasteiger partial charge in [-0.15, -0.1) is 0 Å². The second kappa shape index (κ2) is 7.19. The van der Waals surface area contributed by atoms with Crippen LogP contribution in [0.15, 0.2) is 0 Å². The topological polar surface area (TPSA) is 130 Å². The highest BCUT2D eigenvalue weighted by atomic mass is 32.2. The van der Waals surface area contributed by atoms with Crippen LogP contribution in [-0.4, -0.2) is 57.1 Å². The molecule has 9 heteroatoms. The Labute approximate surface area is 107 Å². The van der Waals surface area contributed by atoms with Crippen molar-refractivity contribution in [3.63, 3.8) is 0 Å². The Kier molecular flexibility index (Phi) is 6.66. The van der Waals surface area contributed by atoms with Gasteiger partial charge in [0.15, 0.2) is 6.10 Å². The van der Waals surface area contributed by atoms with E-state index < -0.39 is 29.6 Å². The van der Waals surface area contributed by atoms with E-state index in [1.54, 1.807) is 6.26 Å². The molecule has 0 radical (unpaired) electrons. The van der Waals surface area contributed by atoms with E-state index >= 15 is 0 Å². The number of carbonyl (C=O) groups is 3. The van der Waals surface area contributed by atoms with E-state index in [4.69, 9.17) is 15.5 Å². The van der Waals surface area contributed by atoms with E-state index in [-0.39, 0.29) is 6.42 Å². The Balaban J connectivity index is 4.77. The second-order valence-corrected chi connectivity index (χ2v) is 4.43. The molecule has 0 aliphatic carbocycles. The fraction of sp³-hybridized carbons (Fsp3) is 0.667. The number of ether oxygens (including phenoxy) is 1. The van der Waals surface area contributed by atoms with E-state index in [9.17, 15) is 14.4 Å². The molecule has 0 bridgehead atoms. The van der Waals surface area contributed by atoms with Gasteiger partial charge in [0, 0.05) is 6.42 Å². The van der Waals surface area contributed by atoms with Crippen LogP contribution in [0.4, 0.5) is 0 Å². The number of carboxylic acid groups (broad SMARTS) is 2. The molecule has 104 valence electrons. The van der Waals surface area contributed by atoms with Crippen molar-refractivity contribution in [3.05, 3.63) is 0 Å². The average molecular weight is 282 g/mol. The number of carbonyl (C=O) groups excluding carboxylic acids is 1. The lowest BCUT2D eigenvalue weighted by Crippen LogP contribution is -2.48. The molecule has 0 amide bonds. The Morgan fingerprint density at radius 1 is 1.33 bits per heavy atom. The lowest BCUT2D eigenvalue weighted by molar-refractivity contribution is -0.309. The van der Waals surface area contributed by atoms with Crippen LogP contribution in [0, 0.1) is 0 Å². The van der Waals surface area contributed by atoms with Gasteiger partial charge in [0.1, 0.15) is 0 Å². The van der Waals surface area contributed by atoms with Gasteiger partial charge in [-0.3, -0.25) is 5.26 Å². The molecule has 2 unspecified atom stereocenters. The van der Waals surface area contributed by atoms with E-state index in [0.29, 0.717) is 5.75 Å². The molecule has 0 heterocycles. The molecule has 0 aliphatic rings. The van der Waals surface area contributed by atoms with Crippen LogP contribution in [-0.2, 0) is 24.0 Å². The standard InChI is InChI=1S/C9H14O8S/c1-9(17-15,7(12)13)8(14)16-5(6(10)11)3-4-18-2/h5,15H,3-4H2,1-2H3,(H,10,11)(H,12,13). The first kappa shape index (κ1) is 16.7. The molecular weight excluding hydrogens is 268 g/mol. The molecule has 18 heavy (non-hydrogen) atoms. The zero-order chi connectivity index (χ0) is 14.3. The first-order chi connectivity index (χ1) is 8.29. The Bertz CT molecular complexity index is 331. The smallest absolute Gasteiger partial charge is 0.354 e. The molecule has 0 saturated heterocycles. The summed E-state index contributed by atoms with van der Waals surface area (Å²) in [5, 5.41) is 25.9. The fourth-order valence-electron chi connectivity index (χ4n) is 0.863. The van der Waals surface area contributed by atoms with E-state index in [1.165, 1.54) is 11.8 Å². The van der Waals surface area contributed by atoms with Crippen LogP contribution in [0.3, 0.4) is 0 Å². The number of thioether (sulfide) groups is 1. The third-order valence-corrected chi connectivity index (χ3v) is 2.73. The molecular formula is C9H14O8S. The summed E-state index contributed by atoms with van der Waals surface area (Å²) in [6.45, 7) is 0.755. The van der Waals surface area contributed by atoms with Gasteiger partial charge in [-0.1, -0.05) is 0 Å². The van der Waals surface area contributed by atoms with E-state index in [1.807, 2.05) is 0 Å². The molecule has 0 aromatic heterocycles. The van der Waals surface area contributed by atoms with Crippen molar-refractivity contribution in [3.8, 4) is 0 Å². The minimum Gasteiger partial charge on any atom is -0.479 e. The third kappa shape index (κ3) is 4.17. The van der Waals surface area contributed by atoms with Gasteiger partial charge in [0.2, 0.25) is 0 Å². The molecule has 0 spiro atoms. The zero-order valence-electron chi connectivity index (χ0n) is 9.78. The third-order valence-electron chi connectivity index (χ3n) is 2.09. The molecule has 8 nitrogen and oxygen atoms in total. The quantitative estimate of drug-likeness (QED) is 0.245. The van der Waals surface area contributed by atoms with Gasteiger partial charge in [0.05, 0.1) is 0 Å². The van der Waals surface area contributed by atoms with Crippen LogP contribution in [0.2, 0.25) is 0 Å². The van der Waals surface area contributed by atoms with E-state index in [0.717, 1.165) is 6.92 Å². The summed E-state index contributed by atoms with van der Waals surface area (Å²) in [6.07, 6.45) is 0.265. The number of carboxylic acids is 2. The summed E-state index contributed by atoms with van der Waals surface area (Å²) in [5.74, 6) is -4.26. The van der Waals surface area contributed by atoms with Crippen molar-refractivity contribution in [2.75, 3.05) is 12.0 Å². The largest absolute Gasteiger partial charge is 0.479 e. The Morgan fingerprint density at radius 3 is 2.22 bits per heavy atom. The van der Waals surface area contributed by atoms with Gasteiger partial charge in [0.25, 0.3) is 5.60 Å². The number of hydrogen-bond acceptors (Lipinski definition) is 7. The summed E-state index contributed by atoms with van der Waals surface area (Å²) in [6, 6.07) is 0. The summed E-state index contributed by atoms with van der Waals surface area (Å²) in [5.41, 5.74) is -2.65. The van der Waals surface area contributed by atoms with Crippen LogP contribution >= 0.6 is 11.8 Å². The van der Waals surface area contributed by atoms with Crippen LogP contribution < -0.4 is 0 Å². The van der Waals surface area contributed by atoms with Crippen molar-refractivity contribution in [1.29, 1.82) is 0 Å². The minimum absolute atomic E-state index is 0.0172. The van der Waals surface area contributed by atoms with Gasteiger partial charge in [-0.25, -0.2) is 19.3 Å². The summed E-state index contributed by atoms with van der Waals surface area (Å²) in [4.78, 5) is 36.5. The highest BCUT2D eigenvalue weighted by Gasteiger charge is 2.47. The second-order valence-electron chi connectivity index (χ2n) is 3.44. The predicted octanol–water partition coefficient (Wildman–Crippen LogP) is 0.0688. The lowest BCUT2D eigenvalue weighted by atomic mass is 10.1. The maximum absolute atomic E-state index is 11.5. The van der Waals surface area contributed by atoms with E-state index in [2.05, 4.69) is 9.62 Å². The highest BCUT2D eigenvalue weighted by Crippen LogP contribution is 2.15. The molecule has 0 aliphatic heterocycles. The highest BCUT2D eigenvalue weighted by molar-refractivity contribution is 7.98. The van der Waals surface area contributed by atoms with Crippen LogP contribution in [0.5, 0.6) is 0 Å². The Hall–Kier alpha value is -1.32. The minimum atomic E-state index is -2.65. The number of hydrogen-bond donors (Lipinski definition) is 3. The van der Waals surface area contributed by atoms with Crippen molar-refractivity contribution in [2.24, 2.45) is 0 Å². The van der Waals surface area contributed by atoms with Gasteiger partial charge in [-0.05, 0) is 18.9 Å². The molecule has 0 aromatic carbocycles. The van der Waals surface area contributed by atoms with Gasteiger partial charge >= 0.3 is 17.9 Å². The summed E-state index contributed by atoms with van der Waals surface area (Å²) in [7, 11) is 0. The van der Waals surface area contributed by atoms with Crippen molar-refractivity contribution < 1.29 is 39.5 Å². The average Bonchev–Trinajstić information content (AvgIpc) is 2.32. The lowest BCUT2D eigenvalue weighted by Gasteiger charge is -2.21.